The van der Waals surface area contributed by atoms with Crippen LogP contribution in [0.25, 0.3) is 0 Å². The first-order valence-electron chi connectivity index (χ1n) is 10.3. The highest BCUT2D eigenvalue weighted by Crippen LogP contribution is 2.54. The molecule has 1 aromatic carbocycles. The van der Waals surface area contributed by atoms with Crippen molar-refractivity contribution in [3.63, 3.8) is 0 Å². The molecular weight excluding hydrogens is 326 g/mol. The monoisotopic (exact) mass is 356 g/mol. The number of nitrogens with two attached hydrogens (primary N) is 1. The summed E-state index contributed by atoms with van der Waals surface area (Å²) in [5.74, 6) is 2.02. The molecule has 0 heterocycles. The Morgan fingerprint density at radius 3 is 2.27 bits per heavy atom. The van der Waals surface area contributed by atoms with E-state index in [2.05, 4.69) is 6.92 Å². The highest BCUT2D eigenvalue weighted by molar-refractivity contribution is 6.00. The van der Waals surface area contributed by atoms with Crippen LogP contribution in [-0.2, 0) is 4.84 Å². The largest absolute Gasteiger partial charge is 0.478 e. The first-order valence-corrected chi connectivity index (χ1v) is 10.3. The summed E-state index contributed by atoms with van der Waals surface area (Å²) in [6, 6.07) is 7.35. The Kier molecular flexibility index (Phi) is 5.12. The molecule has 4 fully saturated rings. The van der Waals surface area contributed by atoms with Gasteiger partial charge in [0.2, 0.25) is 4.79 Å². The fraction of sp³-hybridized carbons (Fsp3) is 0.636. The van der Waals surface area contributed by atoms with Gasteiger partial charge in [0.1, 0.15) is 6.04 Å². The van der Waals surface area contributed by atoms with E-state index in [-0.39, 0.29) is 17.7 Å². The lowest BCUT2D eigenvalue weighted by Crippen LogP contribution is -2.90. The molecule has 0 saturated heterocycles. The number of carbonyl (C=O) groups excluding carboxylic acids is 2. The zero-order valence-corrected chi connectivity index (χ0v) is 15.7. The lowest BCUT2D eigenvalue weighted by Gasteiger charge is -2.29. The highest BCUT2D eigenvalue weighted by atomic mass is 16.7. The second-order valence-electron chi connectivity index (χ2n) is 8.60. The van der Waals surface area contributed by atoms with Crippen molar-refractivity contribution >= 4 is 11.8 Å². The Labute approximate surface area is 155 Å². The van der Waals surface area contributed by atoms with Gasteiger partial charge in [-0.2, -0.15) is 5.48 Å². The van der Waals surface area contributed by atoms with E-state index >= 15 is 0 Å². The van der Waals surface area contributed by atoms with Gasteiger partial charge in [-0.15, -0.1) is 0 Å². The SMILES string of the molecule is C[C@@H]([NH2+]OC(=O)c1ccc(C(=[O+])C2[C@@H]3CC[C@H]2C3)cc1)C1CCCCC1. The van der Waals surface area contributed by atoms with Crippen molar-refractivity contribution in [1.82, 2.24) is 0 Å². The van der Waals surface area contributed by atoms with E-state index in [0.29, 0.717) is 29.4 Å². The molecule has 1 aromatic rings. The summed E-state index contributed by atoms with van der Waals surface area (Å²) in [6.45, 7) is 2.14. The maximum atomic E-state index is 12.6. The van der Waals surface area contributed by atoms with Gasteiger partial charge in [0, 0.05) is 5.92 Å². The molecule has 0 aromatic heterocycles. The van der Waals surface area contributed by atoms with Crippen molar-refractivity contribution in [2.75, 3.05) is 0 Å². The van der Waals surface area contributed by atoms with Crippen molar-refractivity contribution in [2.45, 2.75) is 64.3 Å². The van der Waals surface area contributed by atoms with Crippen LogP contribution >= 0.6 is 0 Å². The number of carbonyl (C=O) groups is 2. The topological polar surface area (TPSA) is 62.8 Å². The molecule has 26 heavy (non-hydrogen) atoms. The Balaban J connectivity index is 1.30. The maximum absolute atomic E-state index is 12.6. The first kappa shape index (κ1) is 17.7. The zero-order valence-electron chi connectivity index (χ0n) is 15.7. The number of hydrogen-bond acceptors (Lipinski definition) is 3. The normalized spacial score (nSPS) is 29.0. The third kappa shape index (κ3) is 3.44. The van der Waals surface area contributed by atoms with Crippen molar-refractivity contribution in [2.24, 2.45) is 23.7 Å². The predicted octanol–water partition coefficient (Wildman–Crippen LogP) is 3.52. The minimum atomic E-state index is -0.324. The number of benzene rings is 1. The van der Waals surface area contributed by atoms with Crippen LogP contribution in [0.1, 0.15) is 79.0 Å². The third-order valence-corrected chi connectivity index (χ3v) is 7.02. The molecule has 139 valence electrons. The van der Waals surface area contributed by atoms with E-state index in [4.69, 9.17) is 4.84 Å². The van der Waals surface area contributed by atoms with Gasteiger partial charge in [0.25, 0.3) is 0 Å². The molecule has 1 radical (unpaired) electrons. The van der Waals surface area contributed by atoms with Crippen LogP contribution in [0.5, 0.6) is 0 Å². The second kappa shape index (κ2) is 7.51. The van der Waals surface area contributed by atoms with Crippen LogP contribution < -0.4 is 5.48 Å². The van der Waals surface area contributed by atoms with Gasteiger partial charge >= 0.3 is 11.8 Å². The van der Waals surface area contributed by atoms with Gasteiger partial charge < -0.3 is 0 Å². The van der Waals surface area contributed by atoms with Crippen molar-refractivity contribution in [3.8, 4) is 0 Å². The van der Waals surface area contributed by atoms with Gasteiger partial charge in [0.05, 0.1) is 17.0 Å². The highest BCUT2D eigenvalue weighted by Gasteiger charge is 2.56. The van der Waals surface area contributed by atoms with Gasteiger partial charge in [-0.1, -0.05) is 19.3 Å². The fourth-order valence-corrected chi connectivity index (χ4v) is 5.29. The molecule has 1 unspecified atom stereocenters. The van der Waals surface area contributed by atoms with Gasteiger partial charge in [-0.25, -0.2) is 4.79 Å². The van der Waals surface area contributed by atoms with E-state index in [1.807, 2.05) is 0 Å². The number of hydrogen-bond donors (Lipinski definition) is 1. The Morgan fingerprint density at radius 1 is 1.04 bits per heavy atom. The summed E-state index contributed by atoms with van der Waals surface area (Å²) >= 11 is 0. The Bertz CT molecular complexity index is 648. The van der Waals surface area contributed by atoms with Crippen LogP contribution in [0.3, 0.4) is 0 Å². The third-order valence-electron chi connectivity index (χ3n) is 7.02. The molecule has 2 N–H and O–H groups in total. The number of quaternary nitrogens is 1. The van der Waals surface area contributed by atoms with Crippen LogP contribution in [0, 0.1) is 23.7 Å². The second-order valence-corrected chi connectivity index (χ2v) is 8.60. The molecule has 4 aliphatic rings. The Morgan fingerprint density at radius 2 is 1.65 bits per heavy atom. The van der Waals surface area contributed by atoms with E-state index in [9.17, 15) is 9.59 Å². The number of Topliss-reactive ketones (excluding diaryl/α,β-unsaturated/α-hetero) is 1. The summed E-state index contributed by atoms with van der Waals surface area (Å²) in [5, 5.41) is 0. The molecule has 4 nitrogen and oxygen atoms in total. The fourth-order valence-electron chi connectivity index (χ4n) is 5.29. The Hall–Kier alpha value is -1.68. The average Bonchev–Trinajstić information content (AvgIpc) is 3.32. The van der Waals surface area contributed by atoms with Gasteiger partial charge in [-0.05, 0) is 75.1 Å². The molecule has 0 aliphatic heterocycles. The van der Waals surface area contributed by atoms with Crippen LogP contribution in [0.2, 0.25) is 0 Å². The minimum Gasteiger partial charge on any atom is -0.274 e. The summed E-state index contributed by atoms with van der Waals surface area (Å²) in [6.07, 6.45) is 10.0. The van der Waals surface area contributed by atoms with E-state index in [1.165, 1.54) is 51.4 Å². The van der Waals surface area contributed by atoms with Crippen molar-refractivity contribution in [1.29, 1.82) is 0 Å². The molecule has 0 amide bonds. The lowest BCUT2D eigenvalue weighted by atomic mass is 9.69. The quantitative estimate of drug-likeness (QED) is 0.482. The van der Waals surface area contributed by atoms with Crippen LogP contribution in [0.15, 0.2) is 24.3 Å². The summed E-state index contributed by atoms with van der Waals surface area (Å²) < 4.78 is 0. The number of ketones is 1. The van der Waals surface area contributed by atoms with Crippen LogP contribution in [-0.4, -0.2) is 17.8 Å². The van der Waals surface area contributed by atoms with Crippen molar-refractivity contribution < 1.29 is 19.9 Å². The molecule has 2 bridgehead atoms. The maximum Gasteiger partial charge on any atom is 0.478 e. The standard InChI is InChI=1S/C22H29NO3/c1-14(15-5-3-2-4-6-15)23-26-22(25)17-9-7-16(8-10-17)21(24)20-18-11-12-19(20)13-18/h7-10,14-15,18-20,23H,2-6,11-13H2,1H3/q+1/p+1/t14-,18-,19+,20?/m1/s1. The molecule has 4 heteroatoms. The van der Waals surface area contributed by atoms with Gasteiger partial charge in [0.15, 0.2) is 0 Å². The van der Waals surface area contributed by atoms with E-state index in [1.54, 1.807) is 29.7 Å². The van der Waals surface area contributed by atoms with E-state index in [0.717, 1.165) is 5.56 Å². The number of fused-ring (bicyclic) bond motifs is 1. The molecule has 4 saturated carbocycles. The molecule has 4 atom stereocenters. The summed E-state index contributed by atoms with van der Waals surface area (Å²) in [4.78, 5) is 30.3. The smallest absolute Gasteiger partial charge is 0.274 e. The van der Waals surface area contributed by atoms with E-state index < -0.39 is 0 Å². The predicted molar refractivity (Wildman–Crippen MR) is 98.5 cm³/mol. The van der Waals surface area contributed by atoms with Crippen LogP contribution in [0.4, 0.5) is 0 Å². The van der Waals surface area contributed by atoms with Crippen molar-refractivity contribution in [3.05, 3.63) is 35.4 Å². The lowest BCUT2D eigenvalue weighted by molar-refractivity contribution is -0.896. The number of hydroxylamine groups is 1. The zero-order chi connectivity index (χ0) is 18.1. The number of rotatable bonds is 6. The van der Waals surface area contributed by atoms with Gasteiger partial charge in [-0.3, -0.25) is 4.84 Å². The molecule has 4 aliphatic carbocycles. The molecule has 0 spiro atoms. The average molecular weight is 356 g/mol. The summed E-state index contributed by atoms with van der Waals surface area (Å²) in [5.41, 5.74) is 2.97. The minimum absolute atomic E-state index is 0.234. The molecular formula is C22H30NO3+2. The first-order chi connectivity index (χ1) is 12.6. The summed E-state index contributed by atoms with van der Waals surface area (Å²) in [7, 11) is 0. The molecule has 5 rings (SSSR count).